The Hall–Kier alpha value is -3.36. The first-order valence-electron chi connectivity index (χ1n) is 14.1. The molecule has 2 aliphatic carbocycles. The highest BCUT2D eigenvalue weighted by atomic mass is 16.5. The number of benzene rings is 1. The lowest BCUT2D eigenvalue weighted by atomic mass is 9.87. The van der Waals surface area contributed by atoms with Crippen molar-refractivity contribution in [2.75, 3.05) is 29.3 Å². The molecule has 1 aromatic carbocycles. The molecule has 0 radical (unpaired) electrons. The van der Waals surface area contributed by atoms with Crippen LogP contribution >= 0.6 is 0 Å². The Balaban J connectivity index is 1.38. The van der Waals surface area contributed by atoms with E-state index in [0.29, 0.717) is 29.0 Å². The fraction of sp³-hybridized carbons (Fsp3) is 0.586. The van der Waals surface area contributed by atoms with Crippen LogP contribution in [0.25, 0.3) is 0 Å². The maximum absolute atomic E-state index is 13.1. The normalized spacial score (nSPS) is 23.8. The Morgan fingerprint density at radius 1 is 1.13 bits per heavy atom. The first kappa shape index (κ1) is 26.3. The Labute approximate surface area is 225 Å². The van der Waals surface area contributed by atoms with E-state index in [1.165, 1.54) is 12.8 Å². The van der Waals surface area contributed by atoms with Crippen LogP contribution in [0.2, 0.25) is 0 Å². The number of methoxy groups -OCH3 is 1. The summed E-state index contributed by atoms with van der Waals surface area (Å²) in [6, 6.07) is 5.70. The van der Waals surface area contributed by atoms with Crippen molar-refractivity contribution in [3.05, 3.63) is 30.0 Å². The monoisotopic (exact) mass is 520 g/mol. The van der Waals surface area contributed by atoms with Gasteiger partial charge in [-0.2, -0.15) is 4.98 Å². The summed E-state index contributed by atoms with van der Waals surface area (Å²) < 4.78 is 5.63. The molecular weight excluding hydrogens is 480 g/mol. The smallest absolute Gasteiger partial charge is 0.251 e. The fourth-order valence-corrected chi connectivity index (χ4v) is 6.17. The number of ether oxygens (including phenoxy) is 1. The number of hydrogen-bond acceptors (Lipinski definition) is 7. The largest absolute Gasteiger partial charge is 0.495 e. The number of nitrogens with zero attached hydrogens (tertiary/aromatic N) is 4. The van der Waals surface area contributed by atoms with E-state index in [-0.39, 0.29) is 23.9 Å². The second kappa shape index (κ2) is 11.2. The topological polar surface area (TPSA) is 99.7 Å². The van der Waals surface area contributed by atoms with Crippen LogP contribution < -0.4 is 25.2 Å². The van der Waals surface area contributed by atoms with Crippen molar-refractivity contribution in [3.8, 4) is 5.75 Å². The zero-order valence-electron chi connectivity index (χ0n) is 23.0. The van der Waals surface area contributed by atoms with Crippen LogP contribution in [-0.2, 0) is 4.79 Å². The first-order chi connectivity index (χ1) is 18.4. The van der Waals surface area contributed by atoms with E-state index >= 15 is 0 Å². The molecule has 204 valence electrons. The second-order valence-electron chi connectivity index (χ2n) is 11.0. The molecule has 9 heteroatoms. The number of nitrogens with one attached hydrogen (secondary N) is 2. The fourth-order valence-electron chi connectivity index (χ4n) is 6.17. The summed E-state index contributed by atoms with van der Waals surface area (Å²) in [5.41, 5.74) is 1.97. The number of hydrogen-bond donors (Lipinski definition) is 2. The number of amides is 2. The van der Waals surface area contributed by atoms with Gasteiger partial charge in [0.25, 0.3) is 5.91 Å². The summed E-state index contributed by atoms with van der Waals surface area (Å²) in [6.07, 6.45) is 11.3. The molecule has 3 aliphatic rings. The highest BCUT2D eigenvalue weighted by Gasteiger charge is 2.41. The van der Waals surface area contributed by atoms with Crippen molar-refractivity contribution in [1.29, 1.82) is 0 Å². The Bertz CT molecular complexity index is 1170. The van der Waals surface area contributed by atoms with Crippen LogP contribution in [-0.4, -0.2) is 54.1 Å². The number of carbonyl (C=O) groups is 2. The molecule has 2 aromatic rings. The number of rotatable bonds is 7. The van der Waals surface area contributed by atoms with Gasteiger partial charge in [0.05, 0.1) is 19.0 Å². The van der Waals surface area contributed by atoms with Gasteiger partial charge in [0.1, 0.15) is 17.5 Å². The van der Waals surface area contributed by atoms with Gasteiger partial charge in [0.2, 0.25) is 11.9 Å². The van der Waals surface area contributed by atoms with Gasteiger partial charge in [-0.25, -0.2) is 4.98 Å². The molecule has 0 bridgehead atoms. The zero-order chi connectivity index (χ0) is 26.8. The number of likely N-dealkylation sites (N-methyl/N-ethyl adjacent to an activating group) is 1. The third-order valence-corrected chi connectivity index (χ3v) is 8.47. The van der Waals surface area contributed by atoms with E-state index < -0.39 is 0 Å². The minimum absolute atomic E-state index is 0.0787. The molecule has 9 nitrogen and oxygen atoms in total. The van der Waals surface area contributed by atoms with E-state index in [1.54, 1.807) is 37.4 Å². The van der Waals surface area contributed by atoms with Gasteiger partial charge < -0.3 is 25.2 Å². The van der Waals surface area contributed by atoms with Gasteiger partial charge in [-0.3, -0.25) is 9.59 Å². The maximum Gasteiger partial charge on any atom is 0.251 e. The van der Waals surface area contributed by atoms with Crippen molar-refractivity contribution in [1.82, 2.24) is 15.3 Å². The van der Waals surface area contributed by atoms with Crippen LogP contribution in [0.1, 0.15) is 82.0 Å². The molecule has 2 saturated carbocycles. The quantitative estimate of drug-likeness (QED) is 0.527. The summed E-state index contributed by atoms with van der Waals surface area (Å²) in [5, 5.41) is 6.47. The van der Waals surface area contributed by atoms with Gasteiger partial charge in [0.15, 0.2) is 5.82 Å². The first-order valence-corrected chi connectivity index (χ1v) is 14.1. The lowest BCUT2D eigenvalue weighted by Gasteiger charge is -2.43. The molecule has 5 rings (SSSR count). The van der Waals surface area contributed by atoms with Crippen molar-refractivity contribution in [2.24, 2.45) is 5.92 Å². The summed E-state index contributed by atoms with van der Waals surface area (Å²) in [6.45, 7) is 4.33. The average Bonchev–Trinajstić information content (AvgIpc) is 3.46. The average molecular weight is 521 g/mol. The molecule has 2 amide bonds. The van der Waals surface area contributed by atoms with Gasteiger partial charge in [0, 0.05) is 24.7 Å². The minimum Gasteiger partial charge on any atom is -0.495 e. The van der Waals surface area contributed by atoms with Crippen LogP contribution in [0.5, 0.6) is 5.75 Å². The van der Waals surface area contributed by atoms with E-state index in [9.17, 15) is 9.59 Å². The molecule has 2 heterocycles. The third-order valence-electron chi connectivity index (χ3n) is 8.47. The standard InChI is InChI=1S/C29H40N6O3/c1-5-23-28(37)34(3)24-17-30-29(33-26(24)35(23)21-8-6-7-9-21)32-22-15-12-19(16-25(22)38-4)27(36)31-20-13-10-18(2)11-14-20/h12,15-18,20-21,23H,5-11,13-14H2,1-4H3,(H,31,36)(H,30,32,33)/t18?,20?,23-/m1/s1. The van der Waals surface area contributed by atoms with Crippen LogP contribution in [0.3, 0.4) is 0 Å². The van der Waals surface area contributed by atoms with Crippen molar-refractivity contribution in [3.63, 3.8) is 0 Å². The van der Waals surface area contributed by atoms with Crippen molar-refractivity contribution in [2.45, 2.75) is 89.8 Å². The molecule has 38 heavy (non-hydrogen) atoms. The maximum atomic E-state index is 13.1. The molecule has 0 unspecified atom stereocenters. The zero-order valence-corrected chi connectivity index (χ0v) is 23.0. The van der Waals surface area contributed by atoms with Crippen molar-refractivity contribution >= 4 is 35.0 Å². The van der Waals surface area contributed by atoms with Crippen LogP contribution in [0.4, 0.5) is 23.1 Å². The van der Waals surface area contributed by atoms with Crippen LogP contribution in [0.15, 0.2) is 24.4 Å². The summed E-state index contributed by atoms with van der Waals surface area (Å²) in [5.74, 6) is 2.51. The second-order valence-corrected chi connectivity index (χ2v) is 11.0. The Kier molecular flexibility index (Phi) is 7.72. The molecule has 1 aromatic heterocycles. The molecule has 2 fully saturated rings. The number of carbonyl (C=O) groups excluding carboxylic acids is 2. The van der Waals surface area contributed by atoms with E-state index in [2.05, 4.69) is 34.4 Å². The number of anilines is 4. The van der Waals surface area contributed by atoms with Crippen molar-refractivity contribution < 1.29 is 14.3 Å². The highest BCUT2D eigenvalue weighted by molar-refractivity contribution is 6.04. The van der Waals surface area contributed by atoms with Gasteiger partial charge in [-0.05, 0) is 69.1 Å². The summed E-state index contributed by atoms with van der Waals surface area (Å²) in [7, 11) is 3.39. The SMILES string of the molecule is CC[C@@H]1C(=O)N(C)c2cnc(Nc3ccc(C(=O)NC4CCC(C)CC4)cc3OC)nc2N1C1CCCC1. The molecule has 0 spiro atoms. The van der Waals surface area contributed by atoms with Crippen LogP contribution in [0, 0.1) is 5.92 Å². The van der Waals surface area contributed by atoms with E-state index in [0.717, 1.165) is 62.4 Å². The summed E-state index contributed by atoms with van der Waals surface area (Å²) >= 11 is 0. The molecule has 0 saturated heterocycles. The number of aromatic nitrogens is 2. The Morgan fingerprint density at radius 3 is 2.55 bits per heavy atom. The third kappa shape index (κ3) is 5.15. The van der Waals surface area contributed by atoms with E-state index in [1.807, 2.05) is 6.07 Å². The lowest BCUT2D eigenvalue weighted by molar-refractivity contribution is -0.120. The minimum atomic E-state index is -0.224. The summed E-state index contributed by atoms with van der Waals surface area (Å²) in [4.78, 5) is 39.4. The Morgan fingerprint density at radius 2 is 1.87 bits per heavy atom. The molecule has 1 aliphatic heterocycles. The van der Waals surface area contributed by atoms with E-state index in [4.69, 9.17) is 9.72 Å². The lowest BCUT2D eigenvalue weighted by Crippen LogP contribution is -2.55. The van der Waals surface area contributed by atoms with Gasteiger partial charge in [-0.15, -0.1) is 0 Å². The van der Waals surface area contributed by atoms with Gasteiger partial charge in [-0.1, -0.05) is 26.7 Å². The molecular formula is C29H40N6O3. The molecule has 2 N–H and O–H groups in total. The van der Waals surface area contributed by atoms with Gasteiger partial charge >= 0.3 is 0 Å². The predicted molar refractivity (Wildman–Crippen MR) is 149 cm³/mol. The predicted octanol–water partition coefficient (Wildman–Crippen LogP) is 5.04. The number of fused-ring (bicyclic) bond motifs is 1. The molecule has 1 atom stereocenters. The highest BCUT2D eigenvalue weighted by Crippen LogP contribution is 2.40.